The predicted molar refractivity (Wildman–Crippen MR) is 80.6 cm³/mol. The summed E-state index contributed by atoms with van der Waals surface area (Å²) in [5, 5.41) is 14.7. The average molecular weight is 297 g/mol. The Morgan fingerprint density at radius 2 is 2.14 bits per heavy atom. The van der Waals surface area contributed by atoms with Gasteiger partial charge < -0.3 is 5.11 Å². The van der Waals surface area contributed by atoms with E-state index >= 15 is 0 Å². The zero-order valence-electron chi connectivity index (χ0n) is 12.3. The van der Waals surface area contributed by atoms with Gasteiger partial charge in [-0.15, -0.1) is 0 Å². The quantitative estimate of drug-likeness (QED) is 0.806. The number of halogens is 1. The summed E-state index contributed by atoms with van der Waals surface area (Å²) in [4.78, 5) is 4.64. The molecular weight excluding hydrogens is 281 g/mol. The van der Waals surface area contributed by atoms with Crippen LogP contribution in [-0.4, -0.2) is 19.7 Å². The molecule has 0 bridgehead atoms. The van der Waals surface area contributed by atoms with Crippen molar-refractivity contribution in [3.8, 4) is 5.88 Å². The molecule has 0 radical (unpaired) electrons. The van der Waals surface area contributed by atoms with E-state index in [1.807, 2.05) is 6.07 Å². The highest BCUT2D eigenvalue weighted by Crippen LogP contribution is 2.43. The van der Waals surface area contributed by atoms with E-state index in [4.69, 9.17) is 0 Å². The molecule has 0 amide bonds. The number of aromatic nitrogens is 3. The van der Waals surface area contributed by atoms with Crippen LogP contribution in [0.5, 0.6) is 5.88 Å². The van der Waals surface area contributed by atoms with Crippen LogP contribution in [0.3, 0.4) is 0 Å². The molecular formula is C17H16FN3O. The van der Waals surface area contributed by atoms with Crippen LogP contribution in [-0.2, 0) is 6.42 Å². The number of aryl methyl sites for hydroxylation is 1. The third-order valence-electron chi connectivity index (χ3n) is 4.22. The molecule has 1 aliphatic rings. The van der Waals surface area contributed by atoms with Gasteiger partial charge in [-0.05, 0) is 37.0 Å². The topological polar surface area (TPSA) is 50.4 Å². The van der Waals surface area contributed by atoms with Gasteiger partial charge in [0.1, 0.15) is 5.82 Å². The first-order valence-corrected chi connectivity index (χ1v) is 7.44. The van der Waals surface area contributed by atoms with Crippen molar-refractivity contribution in [2.45, 2.75) is 32.1 Å². The zero-order chi connectivity index (χ0) is 15.3. The van der Waals surface area contributed by atoms with Crippen LogP contribution < -0.4 is 0 Å². The van der Waals surface area contributed by atoms with E-state index in [2.05, 4.69) is 10.1 Å². The van der Waals surface area contributed by atoms with Gasteiger partial charge in [-0.3, -0.25) is 0 Å². The van der Waals surface area contributed by atoms with Crippen LogP contribution in [0.2, 0.25) is 0 Å². The maximum atomic E-state index is 13.8. The van der Waals surface area contributed by atoms with Gasteiger partial charge in [-0.1, -0.05) is 12.1 Å². The maximum Gasteiger partial charge on any atom is 0.219 e. The lowest BCUT2D eigenvalue weighted by molar-refractivity contribution is 0.427. The van der Waals surface area contributed by atoms with E-state index in [0.717, 1.165) is 29.7 Å². The minimum absolute atomic E-state index is 0.109. The van der Waals surface area contributed by atoms with Crippen molar-refractivity contribution in [3.05, 3.63) is 58.7 Å². The molecule has 0 atom stereocenters. The number of hydrogen-bond donors (Lipinski definition) is 1. The first-order chi connectivity index (χ1) is 10.6. The predicted octanol–water partition coefficient (Wildman–Crippen LogP) is 3.35. The molecule has 1 N–H and O–H groups in total. The molecule has 0 saturated heterocycles. The molecule has 1 aliphatic carbocycles. The van der Waals surface area contributed by atoms with Gasteiger partial charge in [0.25, 0.3) is 0 Å². The van der Waals surface area contributed by atoms with Crippen LogP contribution >= 0.6 is 0 Å². The van der Waals surface area contributed by atoms with Crippen molar-refractivity contribution >= 4 is 5.65 Å². The number of nitrogens with zero attached hydrogens (tertiary/aromatic N) is 3. The Hall–Kier alpha value is -2.43. The second kappa shape index (κ2) is 4.80. The Morgan fingerprint density at radius 3 is 2.86 bits per heavy atom. The van der Waals surface area contributed by atoms with E-state index in [9.17, 15) is 9.50 Å². The largest absolute Gasteiger partial charge is 0.493 e. The standard InChI is InChI=1S/C17H16FN3O/c1-10-2-3-11(9-14(10)18)8-13-16(12-4-5-12)20-15-6-7-19-21(15)17(13)22/h2-3,6-7,9,12,22H,4-5,8H2,1H3. The van der Waals surface area contributed by atoms with Crippen molar-refractivity contribution < 1.29 is 9.50 Å². The lowest BCUT2D eigenvalue weighted by atomic mass is 10.0. The molecule has 0 unspecified atom stereocenters. The molecule has 112 valence electrons. The molecule has 0 aliphatic heterocycles. The number of aromatic hydroxyl groups is 1. The highest BCUT2D eigenvalue weighted by molar-refractivity contribution is 5.48. The molecule has 2 aromatic heterocycles. The number of hydrogen-bond acceptors (Lipinski definition) is 3. The first-order valence-electron chi connectivity index (χ1n) is 7.44. The summed E-state index contributed by atoms with van der Waals surface area (Å²) < 4.78 is 15.2. The number of benzene rings is 1. The summed E-state index contributed by atoms with van der Waals surface area (Å²) in [6.45, 7) is 1.74. The second-order valence-electron chi connectivity index (χ2n) is 5.94. The lowest BCUT2D eigenvalue weighted by Gasteiger charge is -2.12. The van der Waals surface area contributed by atoms with Gasteiger partial charge in [0.15, 0.2) is 5.65 Å². The molecule has 4 nitrogen and oxygen atoms in total. The molecule has 1 fully saturated rings. The monoisotopic (exact) mass is 297 g/mol. The van der Waals surface area contributed by atoms with Crippen molar-refractivity contribution in [3.63, 3.8) is 0 Å². The van der Waals surface area contributed by atoms with Crippen LogP contribution in [0.1, 0.15) is 41.1 Å². The van der Waals surface area contributed by atoms with Crippen LogP contribution in [0.25, 0.3) is 5.65 Å². The molecule has 4 rings (SSSR count). The summed E-state index contributed by atoms with van der Waals surface area (Å²) in [7, 11) is 0. The van der Waals surface area contributed by atoms with Crippen LogP contribution in [0.15, 0.2) is 30.5 Å². The third-order valence-corrected chi connectivity index (χ3v) is 4.22. The van der Waals surface area contributed by atoms with Gasteiger partial charge in [0, 0.05) is 24.0 Å². The maximum absolute atomic E-state index is 13.8. The average Bonchev–Trinajstić information content (AvgIpc) is 3.23. The zero-order valence-corrected chi connectivity index (χ0v) is 12.3. The minimum atomic E-state index is -0.224. The Kier molecular flexibility index (Phi) is 2.89. The molecule has 3 aromatic rings. The van der Waals surface area contributed by atoms with E-state index in [1.54, 1.807) is 25.3 Å². The number of rotatable bonds is 3. The summed E-state index contributed by atoms with van der Waals surface area (Å²) >= 11 is 0. The van der Waals surface area contributed by atoms with Gasteiger partial charge in [-0.2, -0.15) is 9.61 Å². The van der Waals surface area contributed by atoms with E-state index in [1.165, 1.54) is 10.6 Å². The van der Waals surface area contributed by atoms with Gasteiger partial charge in [0.05, 0.1) is 11.9 Å². The third kappa shape index (κ3) is 2.13. The summed E-state index contributed by atoms with van der Waals surface area (Å²) in [6, 6.07) is 6.96. The second-order valence-corrected chi connectivity index (χ2v) is 5.94. The lowest BCUT2D eigenvalue weighted by Crippen LogP contribution is -2.04. The van der Waals surface area contributed by atoms with E-state index in [-0.39, 0.29) is 11.7 Å². The molecule has 1 saturated carbocycles. The van der Waals surface area contributed by atoms with E-state index in [0.29, 0.717) is 23.5 Å². The molecule has 5 heteroatoms. The molecule has 1 aromatic carbocycles. The Morgan fingerprint density at radius 1 is 1.32 bits per heavy atom. The van der Waals surface area contributed by atoms with Gasteiger partial charge in [-0.25, -0.2) is 9.37 Å². The Labute approximate surface area is 127 Å². The highest BCUT2D eigenvalue weighted by atomic mass is 19.1. The van der Waals surface area contributed by atoms with Crippen LogP contribution in [0, 0.1) is 12.7 Å². The van der Waals surface area contributed by atoms with Crippen molar-refractivity contribution in [1.82, 2.24) is 14.6 Å². The minimum Gasteiger partial charge on any atom is -0.493 e. The van der Waals surface area contributed by atoms with Crippen LogP contribution in [0.4, 0.5) is 4.39 Å². The van der Waals surface area contributed by atoms with Crippen molar-refractivity contribution in [2.75, 3.05) is 0 Å². The summed E-state index contributed by atoms with van der Waals surface area (Å²) in [5.41, 5.74) is 3.77. The first kappa shape index (κ1) is 13.2. The van der Waals surface area contributed by atoms with Gasteiger partial charge >= 0.3 is 0 Å². The fourth-order valence-corrected chi connectivity index (χ4v) is 2.79. The highest BCUT2D eigenvalue weighted by Gasteiger charge is 2.30. The smallest absolute Gasteiger partial charge is 0.219 e. The normalized spacial score (nSPS) is 14.6. The molecule has 22 heavy (non-hydrogen) atoms. The Balaban J connectivity index is 1.83. The van der Waals surface area contributed by atoms with E-state index < -0.39 is 0 Å². The molecule has 0 spiro atoms. The fourth-order valence-electron chi connectivity index (χ4n) is 2.79. The van der Waals surface area contributed by atoms with Gasteiger partial charge in [0.2, 0.25) is 5.88 Å². The summed E-state index contributed by atoms with van der Waals surface area (Å²) in [5.74, 6) is 0.284. The SMILES string of the molecule is Cc1ccc(Cc2c(C3CC3)nc3ccnn3c2O)cc1F. The van der Waals surface area contributed by atoms with Crippen molar-refractivity contribution in [2.24, 2.45) is 0 Å². The molecule has 2 heterocycles. The Bertz CT molecular complexity index is 868. The summed E-state index contributed by atoms with van der Waals surface area (Å²) in [6.07, 6.45) is 4.25. The fraction of sp³-hybridized carbons (Fsp3) is 0.294. The number of fused-ring (bicyclic) bond motifs is 1. The van der Waals surface area contributed by atoms with Crippen molar-refractivity contribution in [1.29, 1.82) is 0 Å².